The maximum atomic E-state index is 0. The minimum absolute atomic E-state index is 0. The Morgan fingerprint density at radius 3 is 1.25 bits per heavy atom. The van der Waals surface area contributed by atoms with E-state index in [0.717, 1.165) is 0 Å². The van der Waals surface area contributed by atoms with E-state index in [4.69, 9.17) is 0 Å². The van der Waals surface area contributed by atoms with Crippen LogP contribution in [0.25, 0.3) is 0 Å². The van der Waals surface area contributed by atoms with Crippen LogP contribution in [0.4, 0.5) is 0 Å². The molecule has 0 heterocycles. The second-order valence-corrected chi connectivity index (χ2v) is 0. The molecule has 18 valence electrons. The van der Waals surface area contributed by atoms with Crippen LogP contribution in [0, 0.1) is 0 Å². The first kappa shape index (κ1) is 31.2. The van der Waals surface area contributed by atoms with Crippen molar-refractivity contribution in [2.75, 3.05) is 0 Å². The van der Waals surface area contributed by atoms with Crippen molar-refractivity contribution in [3.8, 4) is 0 Å². The Balaban J connectivity index is 0. The van der Waals surface area contributed by atoms with Gasteiger partial charge >= 0.3 is 18.9 Å². The molecule has 0 aromatic rings. The van der Waals surface area contributed by atoms with Gasteiger partial charge in [0.2, 0.25) is 0 Å². The van der Waals surface area contributed by atoms with Gasteiger partial charge in [0, 0.05) is 42.8 Å². The summed E-state index contributed by atoms with van der Waals surface area (Å²) in [6, 6.07) is 0. The van der Waals surface area contributed by atoms with Crippen LogP contribution in [0.3, 0.4) is 0 Å². The molecule has 0 aliphatic heterocycles. The molecule has 0 saturated carbocycles. The molecule has 0 spiro atoms. The molecule has 0 unspecified atom stereocenters. The molecule has 0 N–H and O–H groups in total. The number of rotatable bonds is 0. The summed E-state index contributed by atoms with van der Waals surface area (Å²) >= 11 is 0. The average molecular weight is 182 g/mol. The monoisotopic (exact) mass is 184 g/mol. The third kappa shape index (κ3) is 8.82. The van der Waals surface area contributed by atoms with Gasteiger partial charge in [-0.1, -0.05) is 0 Å². The minimum Gasteiger partial charge on any atom is -1.00 e. The minimum atomic E-state index is 0. The normalized spacial score (nSPS) is 0. The maximum absolute atomic E-state index is 0. The van der Waals surface area contributed by atoms with Gasteiger partial charge in [-0.2, -0.15) is 0 Å². The molecule has 0 bridgehead atoms. The van der Waals surface area contributed by atoms with Crippen molar-refractivity contribution in [1.82, 2.24) is 0 Å². The zero-order valence-corrected chi connectivity index (χ0v) is 5.48. The van der Waals surface area contributed by atoms with Gasteiger partial charge in [0.15, 0.2) is 17.4 Å². The van der Waals surface area contributed by atoms with E-state index in [1.807, 2.05) is 0 Å². The van der Waals surface area contributed by atoms with Gasteiger partial charge in [-0.3, -0.25) is 0 Å². The summed E-state index contributed by atoms with van der Waals surface area (Å²) in [7, 11) is 0. The van der Waals surface area contributed by atoms with Crippen LogP contribution in [-0.4, -0.2) is 17.4 Å². The fourth-order valence-electron chi connectivity index (χ4n) is 0. The van der Waals surface area contributed by atoms with Crippen LogP contribution in [-0.2, 0) is 42.8 Å². The molecule has 0 aromatic heterocycles. The predicted octanol–water partition coefficient (Wildman–Crippen LogP) is -4.07. The standard InChI is InChI=1S/Al.Li.Mo.Ti.4H/q;+1;;;;;;-1. The molecule has 0 aromatic carbocycles. The smallest absolute Gasteiger partial charge is 1.00 e. The van der Waals surface area contributed by atoms with Crippen molar-refractivity contribution in [1.29, 1.82) is 0 Å². The van der Waals surface area contributed by atoms with E-state index < -0.39 is 0 Å². The Morgan fingerprint density at radius 1 is 1.25 bits per heavy atom. The third-order valence-corrected chi connectivity index (χ3v) is 0. The summed E-state index contributed by atoms with van der Waals surface area (Å²) in [5.74, 6) is 0. The SMILES string of the molecule is [AlH3].[H-].[Li+].[Mo].[Ti]. The van der Waals surface area contributed by atoms with Crippen LogP contribution in [0.5, 0.6) is 0 Å². The quantitative estimate of drug-likeness (QED) is 0.334. The van der Waals surface area contributed by atoms with Crippen LogP contribution < -0.4 is 18.9 Å². The molecule has 0 aliphatic carbocycles. The number of hydrogen-bond acceptors (Lipinski definition) is 0. The third-order valence-electron chi connectivity index (χ3n) is 0. The Bertz CT molecular complexity index is 11.6. The molecule has 4 heteroatoms. The summed E-state index contributed by atoms with van der Waals surface area (Å²) in [4.78, 5) is 0. The maximum Gasteiger partial charge on any atom is 1.00 e. The van der Waals surface area contributed by atoms with Crippen LogP contribution >= 0.6 is 0 Å². The van der Waals surface area contributed by atoms with E-state index in [-0.39, 0.29) is 80.4 Å². The van der Waals surface area contributed by atoms with Crippen molar-refractivity contribution in [3.63, 3.8) is 0 Å². The van der Waals surface area contributed by atoms with E-state index in [9.17, 15) is 0 Å². The summed E-state index contributed by atoms with van der Waals surface area (Å²) in [6.07, 6.45) is 0. The van der Waals surface area contributed by atoms with Gasteiger partial charge in [0.1, 0.15) is 0 Å². The largest absolute Gasteiger partial charge is 1.00 e. The van der Waals surface area contributed by atoms with Crippen molar-refractivity contribution in [2.24, 2.45) is 0 Å². The summed E-state index contributed by atoms with van der Waals surface area (Å²) in [5.41, 5.74) is 0. The first-order valence-electron chi connectivity index (χ1n) is 0. The molecule has 0 atom stereocenters. The van der Waals surface area contributed by atoms with Crippen molar-refractivity contribution >= 4 is 17.4 Å². The van der Waals surface area contributed by atoms with Crippen molar-refractivity contribution < 1.29 is 63.1 Å². The second-order valence-electron chi connectivity index (χ2n) is 0. The summed E-state index contributed by atoms with van der Waals surface area (Å²) in [5, 5.41) is 0. The summed E-state index contributed by atoms with van der Waals surface area (Å²) in [6.45, 7) is 0. The van der Waals surface area contributed by atoms with E-state index in [1.165, 1.54) is 0 Å². The Labute approximate surface area is 79.4 Å². The van der Waals surface area contributed by atoms with Gasteiger partial charge in [0.05, 0.1) is 0 Å². The van der Waals surface area contributed by atoms with Gasteiger partial charge in [-0.25, -0.2) is 0 Å². The fraction of sp³-hybridized carbons (Fsp3) is 0. The molecule has 0 amide bonds. The predicted molar refractivity (Wildman–Crippen MR) is 11.1 cm³/mol. The Morgan fingerprint density at radius 2 is 1.25 bits per heavy atom. The molecule has 0 saturated heterocycles. The molecule has 0 fully saturated rings. The van der Waals surface area contributed by atoms with Crippen LogP contribution in [0.1, 0.15) is 1.43 Å². The van der Waals surface area contributed by atoms with Crippen molar-refractivity contribution in [3.05, 3.63) is 0 Å². The molecular weight excluding hydrogens is 178 g/mol. The topological polar surface area (TPSA) is 0 Å². The van der Waals surface area contributed by atoms with Gasteiger partial charge in [-0.15, -0.1) is 0 Å². The first-order valence-corrected chi connectivity index (χ1v) is 0. The molecule has 0 nitrogen and oxygen atoms in total. The van der Waals surface area contributed by atoms with Gasteiger partial charge < -0.3 is 1.43 Å². The molecule has 0 aliphatic rings. The fourth-order valence-corrected chi connectivity index (χ4v) is 0. The average Bonchev–Trinajstić information content (AvgIpc) is 0. The first-order chi connectivity index (χ1) is 0. The molecular formula is H4AlLiMoTi. The zero-order valence-electron chi connectivity index (χ0n) is 2.91. The van der Waals surface area contributed by atoms with E-state index >= 15 is 0 Å². The Hall–Kier alpha value is 2.53. The molecule has 0 radical (unpaired) electrons. The van der Waals surface area contributed by atoms with Crippen LogP contribution in [0.2, 0.25) is 0 Å². The molecule has 4 heavy (non-hydrogen) atoms. The number of hydrogen-bond donors (Lipinski definition) is 0. The second kappa shape index (κ2) is 17.7. The van der Waals surface area contributed by atoms with Crippen molar-refractivity contribution in [2.45, 2.75) is 0 Å². The van der Waals surface area contributed by atoms with Crippen LogP contribution in [0.15, 0.2) is 0 Å². The van der Waals surface area contributed by atoms with Gasteiger partial charge in [0.25, 0.3) is 0 Å². The molecule has 0 rings (SSSR count). The summed E-state index contributed by atoms with van der Waals surface area (Å²) < 4.78 is 0. The van der Waals surface area contributed by atoms with Gasteiger partial charge in [-0.05, 0) is 0 Å². The van der Waals surface area contributed by atoms with E-state index in [1.54, 1.807) is 0 Å². The van der Waals surface area contributed by atoms with E-state index in [0.29, 0.717) is 0 Å². The Kier molecular flexibility index (Phi) is 138. The van der Waals surface area contributed by atoms with E-state index in [2.05, 4.69) is 0 Å². The zero-order chi connectivity index (χ0) is 0.